The fourth-order valence-corrected chi connectivity index (χ4v) is 6.54. The maximum absolute atomic E-state index is 11.8. The lowest BCUT2D eigenvalue weighted by molar-refractivity contribution is -0.104. The Hall–Kier alpha value is -5.02. The number of allylic oxidation sites excluding steroid dienone is 1. The highest BCUT2D eigenvalue weighted by Gasteiger charge is 2.22. The predicted molar refractivity (Wildman–Crippen MR) is 210 cm³/mol. The van der Waals surface area contributed by atoms with Crippen LogP contribution in [0.3, 0.4) is 0 Å². The molecule has 0 amide bonds. The van der Waals surface area contributed by atoms with Gasteiger partial charge in [0.15, 0.2) is 5.75 Å². The van der Waals surface area contributed by atoms with E-state index in [-0.39, 0.29) is 6.10 Å². The van der Waals surface area contributed by atoms with E-state index in [0.717, 1.165) is 78.5 Å². The molecule has 274 valence electrons. The van der Waals surface area contributed by atoms with E-state index in [1.807, 2.05) is 81.4 Å². The molecule has 2 heterocycles. The van der Waals surface area contributed by atoms with Crippen molar-refractivity contribution < 1.29 is 23.7 Å². The highest BCUT2D eigenvalue weighted by molar-refractivity contribution is 6.32. The van der Waals surface area contributed by atoms with Gasteiger partial charge in [-0.1, -0.05) is 65.7 Å². The summed E-state index contributed by atoms with van der Waals surface area (Å²) >= 11 is 13.0. The molecule has 1 saturated heterocycles. The van der Waals surface area contributed by atoms with Crippen molar-refractivity contribution in [2.45, 2.75) is 46.6 Å². The number of carbonyl (C=O) groups excluding carboxylic acids is 1. The van der Waals surface area contributed by atoms with Crippen molar-refractivity contribution in [3.63, 3.8) is 0 Å². The Labute approximate surface area is 321 Å². The van der Waals surface area contributed by atoms with Crippen LogP contribution in [0.1, 0.15) is 41.7 Å². The van der Waals surface area contributed by atoms with E-state index in [2.05, 4.69) is 39.0 Å². The first kappa shape index (κ1) is 37.7. The van der Waals surface area contributed by atoms with Gasteiger partial charge < -0.3 is 23.8 Å². The second-order valence-electron chi connectivity index (χ2n) is 13.1. The van der Waals surface area contributed by atoms with Gasteiger partial charge in [-0.3, -0.25) is 9.69 Å². The molecule has 0 radical (unpaired) electrons. The molecule has 1 aliphatic heterocycles. The van der Waals surface area contributed by atoms with Crippen LogP contribution in [-0.2, 0) is 24.6 Å². The molecule has 0 atom stereocenters. The Balaban J connectivity index is 1.000. The Morgan fingerprint density at radius 3 is 2.13 bits per heavy atom. The summed E-state index contributed by atoms with van der Waals surface area (Å²) < 4.78 is 23.6. The van der Waals surface area contributed by atoms with Crippen LogP contribution in [0.25, 0.3) is 5.70 Å². The Morgan fingerprint density at radius 1 is 0.792 bits per heavy atom. The minimum absolute atomic E-state index is 0.137. The lowest BCUT2D eigenvalue weighted by Crippen LogP contribution is -2.45. The molecular weight excluding hydrogens is 709 g/mol. The van der Waals surface area contributed by atoms with Crippen LogP contribution >= 0.6 is 23.2 Å². The molecule has 4 aromatic carbocycles. The van der Waals surface area contributed by atoms with Crippen LogP contribution in [0, 0.1) is 6.92 Å². The second kappa shape index (κ2) is 18.1. The molecule has 5 aromatic rings. The Bertz CT molecular complexity index is 1970. The summed E-state index contributed by atoms with van der Waals surface area (Å²) in [6.07, 6.45) is 4.18. The molecule has 53 heavy (non-hydrogen) atoms. The average Bonchev–Trinajstić information content (AvgIpc) is 3.16. The van der Waals surface area contributed by atoms with Crippen molar-refractivity contribution in [3.8, 4) is 28.9 Å². The molecule has 0 bridgehead atoms. The molecule has 10 heteroatoms. The predicted octanol–water partition coefficient (Wildman–Crippen LogP) is 9.79. The maximum atomic E-state index is 11.8. The molecule has 0 unspecified atom stereocenters. The molecule has 1 aromatic heterocycles. The first-order valence-corrected chi connectivity index (χ1v) is 18.4. The van der Waals surface area contributed by atoms with Crippen molar-refractivity contribution in [2.24, 2.45) is 0 Å². The van der Waals surface area contributed by atoms with Crippen molar-refractivity contribution >= 4 is 35.2 Å². The van der Waals surface area contributed by atoms with Crippen molar-refractivity contribution in [1.82, 2.24) is 14.8 Å². The summed E-state index contributed by atoms with van der Waals surface area (Å²) in [6, 6.07) is 31.2. The number of piperazine rings is 1. The van der Waals surface area contributed by atoms with Gasteiger partial charge in [-0.25, -0.2) is 4.98 Å². The summed E-state index contributed by atoms with van der Waals surface area (Å²) in [6.45, 7) is 10.9. The van der Waals surface area contributed by atoms with Gasteiger partial charge in [-0.2, -0.15) is 0 Å². The van der Waals surface area contributed by atoms with Crippen LogP contribution in [0.15, 0.2) is 109 Å². The number of pyridine rings is 1. The van der Waals surface area contributed by atoms with Gasteiger partial charge in [-0.05, 0) is 91.6 Å². The first-order valence-electron chi connectivity index (χ1n) is 17.6. The van der Waals surface area contributed by atoms with Crippen LogP contribution in [0.4, 0.5) is 0 Å². The number of nitrogens with zero attached hydrogens (tertiary/aromatic N) is 3. The van der Waals surface area contributed by atoms with E-state index in [1.54, 1.807) is 24.4 Å². The number of rotatable bonds is 15. The summed E-state index contributed by atoms with van der Waals surface area (Å²) in [7, 11) is 0. The lowest BCUT2D eigenvalue weighted by atomic mass is 10.1. The number of aromatic nitrogens is 1. The summed E-state index contributed by atoms with van der Waals surface area (Å²) in [5, 5.41) is 1.08. The smallest absolute Gasteiger partial charge is 0.219 e. The number of aldehydes is 1. The van der Waals surface area contributed by atoms with Gasteiger partial charge in [0.1, 0.15) is 36.7 Å². The van der Waals surface area contributed by atoms with Gasteiger partial charge in [0.25, 0.3) is 0 Å². The third-order valence-corrected chi connectivity index (χ3v) is 9.41. The average molecular weight is 753 g/mol. The zero-order valence-electron chi connectivity index (χ0n) is 30.1. The molecule has 0 saturated carbocycles. The third-order valence-electron chi connectivity index (χ3n) is 8.76. The molecule has 6 rings (SSSR count). The van der Waals surface area contributed by atoms with E-state index in [9.17, 15) is 4.79 Å². The standard InChI is InChI=1S/C43H43Cl2N3O5/c1-30(2)52-37-14-12-36(13-15-37)50-28-33-10-8-32(9-11-33)27-47-19-21-48(22-20-47)41(18-23-49)35-24-31(3)43(40(45)25-35)53-42-17-16-38(26-46-42)51-29-34-6-4-5-7-39(34)44/h4-18,23-26,30H,19-22,27-29H2,1-3H3/b41-18+. The van der Waals surface area contributed by atoms with Gasteiger partial charge >= 0.3 is 0 Å². The van der Waals surface area contributed by atoms with Crippen LogP contribution in [-0.4, -0.2) is 53.4 Å². The molecule has 0 N–H and O–H groups in total. The van der Waals surface area contributed by atoms with E-state index in [4.69, 9.17) is 42.1 Å². The zero-order chi connectivity index (χ0) is 37.2. The fourth-order valence-electron chi connectivity index (χ4n) is 6.05. The third kappa shape index (κ3) is 10.5. The SMILES string of the molecule is Cc1cc(/C(=C\C=O)N2CCN(Cc3ccc(COc4ccc(OC(C)C)cc4)cc3)CC2)cc(Cl)c1Oc1ccc(OCc2ccccc2Cl)cn1. The fraction of sp³-hybridized carbons (Fsp3) is 0.256. The monoisotopic (exact) mass is 751 g/mol. The Kier molecular flexibility index (Phi) is 12.9. The molecule has 1 fully saturated rings. The van der Waals surface area contributed by atoms with Gasteiger partial charge in [-0.15, -0.1) is 0 Å². The van der Waals surface area contributed by atoms with Gasteiger partial charge in [0, 0.05) is 61.1 Å². The summed E-state index contributed by atoms with van der Waals surface area (Å²) in [5.74, 6) is 3.13. The normalized spacial score (nSPS) is 13.5. The minimum Gasteiger partial charge on any atom is -0.491 e. The van der Waals surface area contributed by atoms with Crippen molar-refractivity contribution in [1.29, 1.82) is 0 Å². The van der Waals surface area contributed by atoms with Crippen molar-refractivity contribution in [2.75, 3.05) is 26.2 Å². The number of hydrogen-bond acceptors (Lipinski definition) is 8. The number of benzene rings is 4. The molecule has 0 spiro atoms. The van der Waals surface area contributed by atoms with Crippen LogP contribution in [0.2, 0.25) is 10.0 Å². The number of hydrogen-bond donors (Lipinski definition) is 0. The van der Waals surface area contributed by atoms with Crippen LogP contribution < -0.4 is 18.9 Å². The highest BCUT2D eigenvalue weighted by atomic mass is 35.5. The quantitative estimate of drug-likeness (QED) is 0.0774. The first-order chi connectivity index (χ1) is 25.7. The van der Waals surface area contributed by atoms with Gasteiger partial charge in [0.2, 0.25) is 5.88 Å². The number of ether oxygens (including phenoxy) is 4. The van der Waals surface area contributed by atoms with E-state index in [0.29, 0.717) is 40.6 Å². The maximum Gasteiger partial charge on any atom is 0.219 e. The van der Waals surface area contributed by atoms with E-state index in [1.165, 1.54) is 5.56 Å². The largest absolute Gasteiger partial charge is 0.491 e. The number of aryl methyl sites for hydroxylation is 1. The topological polar surface area (TPSA) is 73.4 Å². The minimum atomic E-state index is 0.137. The number of carbonyl (C=O) groups is 1. The summed E-state index contributed by atoms with van der Waals surface area (Å²) in [4.78, 5) is 20.8. The Morgan fingerprint density at radius 2 is 1.47 bits per heavy atom. The lowest BCUT2D eigenvalue weighted by Gasteiger charge is -2.37. The molecular formula is C43H43Cl2N3O5. The molecule has 8 nitrogen and oxygen atoms in total. The highest BCUT2D eigenvalue weighted by Crippen LogP contribution is 2.36. The second-order valence-corrected chi connectivity index (χ2v) is 13.9. The van der Waals surface area contributed by atoms with E-state index >= 15 is 0 Å². The zero-order valence-corrected chi connectivity index (χ0v) is 31.6. The molecule has 1 aliphatic rings. The summed E-state index contributed by atoms with van der Waals surface area (Å²) in [5.41, 5.74) is 5.76. The van der Waals surface area contributed by atoms with Gasteiger partial charge in [0.05, 0.1) is 17.3 Å². The number of halogens is 2. The molecule has 0 aliphatic carbocycles. The van der Waals surface area contributed by atoms with E-state index < -0.39 is 0 Å². The van der Waals surface area contributed by atoms with Crippen molar-refractivity contribution in [3.05, 3.63) is 147 Å². The van der Waals surface area contributed by atoms with Crippen LogP contribution in [0.5, 0.6) is 28.9 Å².